The maximum Gasteiger partial charge on any atom is 0.104 e. The lowest BCUT2D eigenvalue weighted by atomic mass is 9.88. The summed E-state index contributed by atoms with van der Waals surface area (Å²) in [4.78, 5) is 0. The molecular formula is C12H12FI. The predicted octanol–water partition coefficient (Wildman–Crippen LogP) is 4.46. The average Bonchev–Trinajstić information content (AvgIpc) is 2.20. The molecule has 2 aliphatic rings. The number of allylic oxidation sites excluding steroid dienone is 8. The minimum Gasteiger partial charge on any atom is -0.211 e. The van der Waals surface area contributed by atoms with Gasteiger partial charge in [-0.3, -0.25) is 0 Å². The highest BCUT2D eigenvalue weighted by Gasteiger charge is 2.17. The van der Waals surface area contributed by atoms with E-state index < -0.39 is 0 Å². The molecule has 0 spiro atoms. The Morgan fingerprint density at radius 3 is 2.86 bits per heavy atom. The van der Waals surface area contributed by atoms with E-state index in [9.17, 15) is 4.39 Å². The number of halogens is 2. The first-order valence-electron chi connectivity index (χ1n) is 4.86. The minimum atomic E-state index is 0.0764. The summed E-state index contributed by atoms with van der Waals surface area (Å²) in [6.45, 7) is 0. The van der Waals surface area contributed by atoms with Gasteiger partial charge in [-0.25, -0.2) is 4.39 Å². The van der Waals surface area contributed by atoms with Crippen molar-refractivity contribution in [1.29, 1.82) is 0 Å². The third-order valence-corrected chi connectivity index (χ3v) is 3.40. The van der Waals surface area contributed by atoms with Crippen molar-refractivity contribution in [2.24, 2.45) is 5.92 Å². The highest BCUT2D eigenvalue weighted by Crippen LogP contribution is 2.32. The van der Waals surface area contributed by atoms with Crippen LogP contribution < -0.4 is 0 Å². The van der Waals surface area contributed by atoms with Gasteiger partial charge >= 0.3 is 0 Å². The van der Waals surface area contributed by atoms with Crippen molar-refractivity contribution in [2.75, 3.05) is 0 Å². The van der Waals surface area contributed by atoms with Gasteiger partial charge in [0.1, 0.15) is 5.83 Å². The Morgan fingerprint density at radius 2 is 2.21 bits per heavy atom. The number of hydrogen-bond donors (Lipinski definition) is 0. The SMILES string of the molecule is FC1=C(C2C=CC(I)=CC2)C=CCC1. The molecule has 0 nitrogen and oxygen atoms in total. The molecule has 0 amide bonds. The quantitative estimate of drug-likeness (QED) is 0.628. The van der Waals surface area contributed by atoms with Crippen molar-refractivity contribution in [3.05, 3.63) is 45.4 Å². The van der Waals surface area contributed by atoms with Crippen LogP contribution in [0.3, 0.4) is 0 Å². The first kappa shape index (κ1) is 10.1. The summed E-state index contributed by atoms with van der Waals surface area (Å²) >= 11 is 2.29. The topological polar surface area (TPSA) is 0 Å². The fourth-order valence-corrected chi connectivity index (χ4v) is 2.27. The van der Waals surface area contributed by atoms with E-state index in [0.29, 0.717) is 6.42 Å². The Hall–Kier alpha value is -0.380. The van der Waals surface area contributed by atoms with Gasteiger partial charge in [0.2, 0.25) is 0 Å². The second-order valence-electron chi connectivity index (χ2n) is 3.59. The van der Waals surface area contributed by atoms with E-state index in [0.717, 1.165) is 18.4 Å². The largest absolute Gasteiger partial charge is 0.211 e. The fourth-order valence-electron chi connectivity index (χ4n) is 1.80. The fraction of sp³-hybridized carbons (Fsp3) is 0.333. The van der Waals surface area contributed by atoms with Crippen LogP contribution in [0.1, 0.15) is 19.3 Å². The van der Waals surface area contributed by atoms with E-state index in [1.807, 2.05) is 6.08 Å². The molecule has 0 aliphatic heterocycles. The normalized spacial score (nSPS) is 26.7. The summed E-state index contributed by atoms with van der Waals surface area (Å²) in [7, 11) is 0. The van der Waals surface area contributed by atoms with Crippen LogP contribution in [-0.2, 0) is 0 Å². The molecule has 74 valence electrons. The molecule has 14 heavy (non-hydrogen) atoms. The molecule has 0 saturated heterocycles. The molecule has 0 heterocycles. The first-order chi connectivity index (χ1) is 6.77. The highest BCUT2D eigenvalue weighted by molar-refractivity contribution is 14.1. The second kappa shape index (κ2) is 4.43. The Balaban J connectivity index is 2.17. The predicted molar refractivity (Wildman–Crippen MR) is 65.9 cm³/mol. The first-order valence-corrected chi connectivity index (χ1v) is 5.94. The van der Waals surface area contributed by atoms with Gasteiger partial charge in [0.15, 0.2) is 0 Å². The van der Waals surface area contributed by atoms with E-state index in [2.05, 4.69) is 46.9 Å². The summed E-state index contributed by atoms with van der Waals surface area (Å²) in [5, 5.41) is 0. The zero-order valence-electron chi connectivity index (χ0n) is 7.84. The molecule has 0 fully saturated rings. The second-order valence-corrected chi connectivity index (χ2v) is 4.84. The zero-order chi connectivity index (χ0) is 9.97. The van der Waals surface area contributed by atoms with E-state index in [4.69, 9.17) is 0 Å². The van der Waals surface area contributed by atoms with Crippen LogP contribution >= 0.6 is 22.6 Å². The summed E-state index contributed by atoms with van der Waals surface area (Å²) in [5.74, 6) is 0.331. The Labute approximate surface area is 97.4 Å². The average molecular weight is 302 g/mol. The third-order valence-electron chi connectivity index (χ3n) is 2.60. The van der Waals surface area contributed by atoms with Crippen molar-refractivity contribution >= 4 is 22.6 Å². The smallest absolute Gasteiger partial charge is 0.104 e. The number of hydrogen-bond acceptors (Lipinski definition) is 0. The van der Waals surface area contributed by atoms with Crippen molar-refractivity contribution in [2.45, 2.75) is 19.3 Å². The monoisotopic (exact) mass is 302 g/mol. The molecule has 1 atom stereocenters. The van der Waals surface area contributed by atoms with Gasteiger partial charge in [0.05, 0.1) is 0 Å². The summed E-state index contributed by atoms with van der Waals surface area (Å²) in [5.41, 5.74) is 0.882. The molecule has 0 radical (unpaired) electrons. The van der Waals surface area contributed by atoms with E-state index in [1.165, 1.54) is 3.58 Å². The molecule has 0 aromatic carbocycles. The van der Waals surface area contributed by atoms with Gasteiger partial charge in [-0.1, -0.05) is 30.4 Å². The molecule has 0 aromatic rings. The molecule has 1 unspecified atom stereocenters. The summed E-state index contributed by atoms with van der Waals surface area (Å²) in [6.07, 6.45) is 12.7. The third kappa shape index (κ3) is 2.16. The molecule has 2 aliphatic carbocycles. The molecule has 0 saturated carbocycles. The molecule has 2 rings (SSSR count). The maximum absolute atomic E-state index is 13.5. The molecule has 0 aromatic heterocycles. The number of rotatable bonds is 1. The van der Waals surface area contributed by atoms with E-state index >= 15 is 0 Å². The molecule has 0 N–H and O–H groups in total. The van der Waals surface area contributed by atoms with Crippen LogP contribution in [0.15, 0.2) is 45.4 Å². The molecule has 0 bridgehead atoms. The zero-order valence-corrected chi connectivity index (χ0v) is 10.00. The Kier molecular flexibility index (Phi) is 3.21. The van der Waals surface area contributed by atoms with E-state index in [-0.39, 0.29) is 11.7 Å². The van der Waals surface area contributed by atoms with Crippen LogP contribution in [0.2, 0.25) is 0 Å². The highest BCUT2D eigenvalue weighted by atomic mass is 127. The lowest BCUT2D eigenvalue weighted by Gasteiger charge is -2.18. The maximum atomic E-state index is 13.5. The van der Waals surface area contributed by atoms with Crippen LogP contribution in [-0.4, -0.2) is 0 Å². The van der Waals surface area contributed by atoms with E-state index in [1.54, 1.807) is 0 Å². The van der Waals surface area contributed by atoms with Crippen LogP contribution in [0, 0.1) is 5.92 Å². The van der Waals surface area contributed by atoms with Crippen LogP contribution in [0.5, 0.6) is 0 Å². The van der Waals surface area contributed by atoms with Gasteiger partial charge in [-0.05, 0) is 41.0 Å². The van der Waals surface area contributed by atoms with Gasteiger partial charge < -0.3 is 0 Å². The summed E-state index contributed by atoms with van der Waals surface area (Å²) in [6, 6.07) is 0. The Morgan fingerprint density at radius 1 is 1.36 bits per heavy atom. The van der Waals surface area contributed by atoms with Crippen molar-refractivity contribution in [1.82, 2.24) is 0 Å². The van der Waals surface area contributed by atoms with Gasteiger partial charge in [0, 0.05) is 15.9 Å². The van der Waals surface area contributed by atoms with Crippen molar-refractivity contribution in [3.8, 4) is 0 Å². The van der Waals surface area contributed by atoms with Gasteiger partial charge in [0.25, 0.3) is 0 Å². The van der Waals surface area contributed by atoms with Gasteiger partial charge in [-0.2, -0.15) is 0 Å². The molecule has 2 heteroatoms. The Bertz CT molecular complexity index is 347. The van der Waals surface area contributed by atoms with Crippen molar-refractivity contribution in [3.63, 3.8) is 0 Å². The lowest BCUT2D eigenvalue weighted by molar-refractivity contribution is 0.557. The van der Waals surface area contributed by atoms with Crippen molar-refractivity contribution < 1.29 is 4.39 Å². The lowest BCUT2D eigenvalue weighted by Crippen LogP contribution is -2.05. The van der Waals surface area contributed by atoms with Crippen LogP contribution in [0.25, 0.3) is 0 Å². The molecular weight excluding hydrogens is 290 g/mol. The van der Waals surface area contributed by atoms with Crippen LogP contribution in [0.4, 0.5) is 4.39 Å². The minimum absolute atomic E-state index is 0.0764. The standard InChI is InChI=1S/C12H12FI/c13-12-4-2-1-3-11(12)9-5-7-10(14)8-6-9/h1,3,5,7-9H,2,4,6H2. The summed E-state index contributed by atoms with van der Waals surface area (Å²) < 4.78 is 14.8. The van der Waals surface area contributed by atoms with Gasteiger partial charge in [-0.15, -0.1) is 0 Å².